The van der Waals surface area contributed by atoms with Gasteiger partial charge in [-0.05, 0) is 25.8 Å². The van der Waals surface area contributed by atoms with Crippen molar-refractivity contribution in [2.24, 2.45) is 0 Å². The highest BCUT2D eigenvalue weighted by atomic mass is 19.1. The van der Waals surface area contributed by atoms with E-state index in [1.807, 2.05) is 6.07 Å². The number of piperidine rings is 1. The Bertz CT molecular complexity index is 1070. The molecular formula is C20H22FN5O2. The molecule has 7 nitrogen and oxygen atoms in total. The summed E-state index contributed by atoms with van der Waals surface area (Å²) in [5.74, 6) is -0.431. The van der Waals surface area contributed by atoms with Gasteiger partial charge in [-0.1, -0.05) is 18.2 Å². The first kappa shape index (κ1) is 18.4. The zero-order valence-electron chi connectivity index (χ0n) is 15.6. The van der Waals surface area contributed by atoms with E-state index in [0.717, 1.165) is 25.9 Å². The summed E-state index contributed by atoms with van der Waals surface area (Å²) in [5, 5.41) is 5.81. The molecule has 1 aliphatic rings. The molecule has 0 saturated carbocycles. The minimum atomic E-state index is -0.247. The summed E-state index contributed by atoms with van der Waals surface area (Å²) in [4.78, 5) is 31.1. The van der Waals surface area contributed by atoms with Gasteiger partial charge in [0.05, 0.1) is 0 Å². The van der Waals surface area contributed by atoms with Crippen molar-refractivity contribution in [1.29, 1.82) is 0 Å². The van der Waals surface area contributed by atoms with Gasteiger partial charge in [0.25, 0.3) is 11.5 Å². The Morgan fingerprint density at radius 2 is 2.07 bits per heavy atom. The van der Waals surface area contributed by atoms with Crippen LogP contribution in [-0.2, 0) is 6.54 Å². The lowest BCUT2D eigenvalue weighted by atomic mass is 10.0. The second kappa shape index (κ2) is 7.55. The molecule has 0 radical (unpaired) electrons. The molecule has 1 aromatic carbocycles. The monoisotopic (exact) mass is 383 g/mol. The van der Waals surface area contributed by atoms with Crippen LogP contribution >= 0.6 is 0 Å². The molecule has 3 aromatic rings. The third-order valence-corrected chi connectivity index (χ3v) is 5.14. The van der Waals surface area contributed by atoms with Gasteiger partial charge >= 0.3 is 0 Å². The summed E-state index contributed by atoms with van der Waals surface area (Å²) in [6, 6.07) is 8.26. The Balaban J connectivity index is 1.38. The first-order valence-electron chi connectivity index (χ1n) is 9.35. The van der Waals surface area contributed by atoms with Crippen LogP contribution in [0, 0.1) is 12.7 Å². The van der Waals surface area contributed by atoms with Gasteiger partial charge in [0.2, 0.25) is 0 Å². The van der Waals surface area contributed by atoms with Crippen LogP contribution in [0.25, 0.3) is 5.65 Å². The molecule has 4 rings (SSSR count). The van der Waals surface area contributed by atoms with Crippen LogP contribution in [0.2, 0.25) is 0 Å². The van der Waals surface area contributed by atoms with Crippen molar-refractivity contribution in [1.82, 2.24) is 24.8 Å². The molecule has 3 heterocycles. The smallest absolute Gasteiger partial charge is 0.272 e. The predicted molar refractivity (Wildman–Crippen MR) is 103 cm³/mol. The van der Waals surface area contributed by atoms with Gasteiger partial charge in [-0.3, -0.25) is 19.6 Å². The number of nitrogens with one attached hydrogen (secondary N) is 2. The fourth-order valence-corrected chi connectivity index (χ4v) is 3.63. The summed E-state index contributed by atoms with van der Waals surface area (Å²) in [5.41, 5.74) is 1.70. The second-order valence-corrected chi connectivity index (χ2v) is 7.20. The summed E-state index contributed by atoms with van der Waals surface area (Å²) in [6.45, 7) is 3.86. The number of aryl methyl sites for hydroxylation is 1. The maximum absolute atomic E-state index is 13.8. The zero-order valence-corrected chi connectivity index (χ0v) is 15.6. The van der Waals surface area contributed by atoms with Gasteiger partial charge in [-0.25, -0.2) is 13.9 Å². The zero-order chi connectivity index (χ0) is 19.7. The third kappa shape index (κ3) is 3.68. The van der Waals surface area contributed by atoms with Gasteiger partial charge in [0, 0.05) is 49.2 Å². The molecule has 1 saturated heterocycles. The molecule has 1 amide bonds. The molecule has 2 N–H and O–H groups in total. The van der Waals surface area contributed by atoms with Gasteiger partial charge < -0.3 is 5.32 Å². The van der Waals surface area contributed by atoms with Crippen LogP contribution in [0.3, 0.4) is 0 Å². The standard InChI is InChI=1S/C20H22FN5O2/c1-13-10-18(27)26-19(23-13)16(11-22-26)20(28)24-15-6-8-25(9-7-15)12-14-4-2-3-5-17(14)21/h2-5,10-11,15,22H,6-9,12H2,1H3,(H,24,28). The number of nitrogens with zero attached hydrogens (tertiary/aromatic N) is 3. The average molecular weight is 383 g/mol. The molecule has 28 heavy (non-hydrogen) atoms. The lowest BCUT2D eigenvalue weighted by Gasteiger charge is -2.32. The quantitative estimate of drug-likeness (QED) is 0.721. The molecule has 0 atom stereocenters. The molecule has 2 aromatic heterocycles. The summed E-state index contributed by atoms with van der Waals surface area (Å²) >= 11 is 0. The van der Waals surface area contributed by atoms with Gasteiger partial charge in [0.15, 0.2) is 5.65 Å². The largest absolute Gasteiger partial charge is 0.349 e. The lowest BCUT2D eigenvalue weighted by molar-refractivity contribution is 0.0910. The fraction of sp³-hybridized carbons (Fsp3) is 0.350. The minimum absolute atomic E-state index is 0.0378. The van der Waals surface area contributed by atoms with E-state index in [1.165, 1.54) is 22.8 Å². The van der Waals surface area contributed by atoms with Crippen LogP contribution in [0.15, 0.2) is 41.3 Å². The topological polar surface area (TPSA) is 82.5 Å². The number of H-pyrrole nitrogens is 1. The summed E-state index contributed by atoms with van der Waals surface area (Å²) in [7, 11) is 0. The van der Waals surface area contributed by atoms with Crippen molar-refractivity contribution < 1.29 is 9.18 Å². The van der Waals surface area contributed by atoms with Gasteiger partial charge in [-0.15, -0.1) is 0 Å². The molecule has 0 unspecified atom stereocenters. The van der Waals surface area contributed by atoms with Crippen LogP contribution in [0.4, 0.5) is 4.39 Å². The van der Waals surface area contributed by atoms with Crippen molar-refractivity contribution in [3.05, 3.63) is 69.5 Å². The summed E-state index contributed by atoms with van der Waals surface area (Å²) in [6.07, 6.45) is 3.08. The number of likely N-dealkylation sites (tertiary alicyclic amines) is 1. The second-order valence-electron chi connectivity index (χ2n) is 7.20. The molecular weight excluding hydrogens is 361 g/mol. The number of aromatic nitrogens is 3. The van der Waals surface area contributed by atoms with Crippen LogP contribution in [-0.4, -0.2) is 44.5 Å². The van der Waals surface area contributed by atoms with E-state index in [4.69, 9.17) is 0 Å². The Morgan fingerprint density at radius 1 is 1.32 bits per heavy atom. The van der Waals surface area contributed by atoms with Crippen molar-refractivity contribution in [3.63, 3.8) is 0 Å². The molecule has 0 bridgehead atoms. The third-order valence-electron chi connectivity index (χ3n) is 5.14. The van der Waals surface area contributed by atoms with Crippen molar-refractivity contribution in [3.8, 4) is 0 Å². The molecule has 1 fully saturated rings. The number of rotatable bonds is 4. The Morgan fingerprint density at radius 3 is 2.82 bits per heavy atom. The molecule has 146 valence electrons. The Kier molecular flexibility index (Phi) is 4.95. The van der Waals surface area contributed by atoms with E-state index < -0.39 is 0 Å². The number of halogens is 1. The molecule has 1 aliphatic heterocycles. The van der Waals surface area contributed by atoms with Crippen LogP contribution in [0.1, 0.15) is 34.5 Å². The van der Waals surface area contributed by atoms with E-state index in [-0.39, 0.29) is 23.3 Å². The maximum Gasteiger partial charge on any atom is 0.272 e. The van der Waals surface area contributed by atoms with E-state index in [1.54, 1.807) is 19.1 Å². The first-order valence-corrected chi connectivity index (χ1v) is 9.35. The number of hydrogen-bond acceptors (Lipinski definition) is 4. The van der Waals surface area contributed by atoms with Gasteiger partial charge in [0.1, 0.15) is 11.4 Å². The predicted octanol–water partition coefficient (Wildman–Crippen LogP) is 1.86. The number of carbonyl (C=O) groups excluding carboxylic acids is 1. The van der Waals surface area contributed by atoms with Gasteiger partial charge in [-0.2, -0.15) is 0 Å². The van der Waals surface area contributed by atoms with E-state index in [9.17, 15) is 14.0 Å². The number of benzene rings is 1. The van der Waals surface area contributed by atoms with E-state index >= 15 is 0 Å². The highest BCUT2D eigenvalue weighted by molar-refractivity contribution is 5.99. The number of hydrogen-bond donors (Lipinski definition) is 2. The average Bonchev–Trinajstić information content (AvgIpc) is 3.09. The van der Waals surface area contributed by atoms with E-state index in [0.29, 0.717) is 29.0 Å². The van der Waals surface area contributed by atoms with Crippen molar-refractivity contribution in [2.75, 3.05) is 13.1 Å². The molecule has 0 spiro atoms. The number of fused-ring (bicyclic) bond motifs is 1. The van der Waals surface area contributed by atoms with Crippen molar-refractivity contribution in [2.45, 2.75) is 32.4 Å². The highest BCUT2D eigenvalue weighted by Crippen LogP contribution is 2.16. The molecule has 8 heteroatoms. The Labute approximate surface area is 161 Å². The van der Waals surface area contributed by atoms with E-state index in [2.05, 4.69) is 20.3 Å². The van der Waals surface area contributed by atoms with Crippen molar-refractivity contribution >= 4 is 11.6 Å². The Hall–Kier alpha value is -3.00. The fourth-order valence-electron chi connectivity index (χ4n) is 3.63. The van der Waals surface area contributed by atoms with Crippen LogP contribution < -0.4 is 10.9 Å². The highest BCUT2D eigenvalue weighted by Gasteiger charge is 2.23. The number of carbonyl (C=O) groups is 1. The first-order chi connectivity index (χ1) is 13.5. The SMILES string of the molecule is Cc1cc(=O)n2[nH]cc(C(=O)NC3CCN(Cc4ccccc4F)CC3)c2n1. The normalized spacial score (nSPS) is 15.8. The minimum Gasteiger partial charge on any atom is -0.349 e. The lowest BCUT2D eigenvalue weighted by Crippen LogP contribution is -2.44. The number of aromatic amines is 1. The number of amides is 1. The molecule has 0 aliphatic carbocycles. The summed E-state index contributed by atoms with van der Waals surface area (Å²) < 4.78 is 15.1. The maximum atomic E-state index is 13.8. The van der Waals surface area contributed by atoms with Crippen LogP contribution in [0.5, 0.6) is 0 Å².